The van der Waals surface area contributed by atoms with Gasteiger partial charge in [0.25, 0.3) is 0 Å². The van der Waals surface area contributed by atoms with Crippen molar-refractivity contribution in [2.24, 2.45) is 0 Å². The number of rotatable bonds is 5. The average molecular weight is 316 g/mol. The van der Waals surface area contributed by atoms with Crippen molar-refractivity contribution in [1.82, 2.24) is 5.32 Å². The highest BCUT2D eigenvalue weighted by Gasteiger charge is 2.09. The Bertz CT molecular complexity index is 731. The Hall–Kier alpha value is -1.35. The van der Waals surface area contributed by atoms with Crippen LogP contribution in [0.25, 0.3) is 10.1 Å². The number of thiophene rings is 1. The van der Waals surface area contributed by atoms with Gasteiger partial charge in [0.1, 0.15) is 0 Å². The lowest BCUT2D eigenvalue weighted by Crippen LogP contribution is -2.11. The average Bonchev–Trinajstić information content (AvgIpc) is 2.85. The van der Waals surface area contributed by atoms with E-state index in [0.29, 0.717) is 0 Å². The molecule has 21 heavy (non-hydrogen) atoms. The molecule has 0 aliphatic rings. The van der Waals surface area contributed by atoms with E-state index in [1.54, 1.807) is 11.3 Å². The van der Waals surface area contributed by atoms with Crippen LogP contribution in [0.15, 0.2) is 48.5 Å². The van der Waals surface area contributed by atoms with E-state index in [0.717, 1.165) is 29.9 Å². The van der Waals surface area contributed by atoms with E-state index < -0.39 is 0 Å². The van der Waals surface area contributed by atoms with Gasteiger partial charge in [-0.2, -0.15) is 0 Å². The van der Waals surface area contributed by atoms with Crippen molar-refractivity contribution in [2.75, 3.05) is 0 Å². The third-order valence-electron chi connectivity index (χ3n) is 3.65. The lowest BCUT2D eigenvalue weighted by atomic mass is 10.1. The van der Waals surface area contributed by atoms with Crippen LogP contribution in [0.1, 0.15) is 22.9 Å². The molecule has 1 nitrogen and oxygen atoms in total. The molecule has 0 atom stereocenters. The van der Waals surface area contributed by atoms with E-state index in [2.05, 4.69) is 54.7 Å². The molecule has 0 aliphatic carbocycles. The molecule has 0 unspecified atom stereocenters. The van der Waals surface area contributed by atoms with Crippen LogP contribution in [0.2, 0.25) is 5.02 Å². The largest absolute Gasteiger partial charge is 0.308 e. The van der Waals surface area contributed by atoms with E-state index in [4.69, 9.17) is 11.6 Å². The van der Waals surface area contributed by atoms with Crippen molar-refractivity contribution in [2.45, 2.75) is 26.4 Å². The van der Waals surface area contributed by atoms with Crippen molar-refractivity contribution >= 4 is 33.0 Å². The van der Waals surface area contributed by atoms with Gasteiger partial charge >= 0.3 is 0 Å². The summed E-state index contributed by atoms with van der Waals surface area (Å²) in [5.74, 6) is 0. The normalized spacial score (nSPS) is 11.1. The molecular formula is C18H18ClNS. The van der Waals surface area contributed by atoms with E-state index in [1.807, 2.05) is 6.07 Å². The van der Waals surface area contributed by atoms with Crippen molar-refractivity contribution in [3.63, 3.8) is 0 Å². The second kappa shape index (κ2) is 6.61. The molecule has 0 radical (unpaired) electrons. The number of benzene rings is 2. The van der Waals surface area contributed by atoms with Crippen LogP contribution in [-0.2, 0) is 19.5 Å². The van der Waals surface area contributed by atoms with Gasteiger partial charge in [-0.1, -0.05) is 61.0 Å². The summed E-state index contributed by atoms with van der Waals surface area (Å²) >= 11 is 8.22. The molecule has 3 heteroatoms. The van der Waals surface area contributed by atoms with Crippen LogP contribution in [0.4, 0.5) is 0 Å². The van der Waals surface area contributed by atoms with Crippen LogP contribution in [0.3, 0.4) is 0 Å². The predicted molar refractivity (Wildman–Crippen MR) is 93.2 cm³/mol. The molecule has 0 bridgehead atoms. The Kier molecular flexibility index (Phi) is 4.59. The van der Waals surface area contributed by atoms with E-state index in [1.165, 1.54) is 20.7 Å². The zero-order chi connectivity index (χ0) is 14.7. The van der Waals surface area contributed by atoms with Crippen LogP contribution < -0.4 is 5.32 Å². The predicted octanol–water partition coefficient (Wildman–Crippen LogP) is 5.41. The quantitative estimate of drug-likeness (QED) is 0.664. The lowest BCUT2D eigenvalue weighted by molar-refractivity contribution is 0.701. The highest BCUT2D eigenvalue weighted by molar-refractivity contribution is 7.19. The first-order valence-corrected chi connectivity index (χ1v) is 8.42. The second-order valence-corrected chi connectivity index (χ2v) is 6.62. The molecule has 0 saturated heterocycles. The van der Waals surface area contributed by atoms with Crippen LogP contribution in [-0.4, -0.2) is 0 Å². The van der Waals surface area contributed by atoms with E-state index in [-0.39, 0.29) is 0 Å². The minimum Gasteiger partial charge on any atom is -0.308 e. The van der Waals surface area contributed by atoms with Gasteiger partial charge in [-0.15, -0.1) is 11.3 Å². The summed E-state index contributed by atoms with van der Waals surface area (Å²) in [5, 5.41) is 5.54. The van der Waals surface area contributed by atoms with Crippen LogP contribution in [0, 0.1) is 0 Å². The number of aryl methyl sites for hydroxylation is 1. The molecule has 3 aromatic rings. The smallest absolute Gasteiger partial charge is 0.0636 e. The molecule has 2 aromatic carbocycles. The van der Waals surface area contributed by atoms with Gasteiger partial charge < -0.3 is 5.32 Å². The first kappa shape index (κ1) is 14.6. The monoisotopic (exact) mass is 315 g/mol. The number of halogens is 1. The summed E-state index contributed by atoms with van der Waals surface area (Å²) in [6.45, 7) is 3.86. The van der Waals surface area contributed by atoms with E-state index >= 15 is 0 Å². The van der Waals surface area contributed by atoms with Gasteiger partial charge in [0.2, 0.25) is 0 Å². The van der Waals surface area contributed by atoms with Crippen LogP contribution in [0.5, 0.6) is 0 Å². The molecule has 1 N–H and O–H groups in total. The fourth-order valence-corrected chi connectivity index (χ4v) is 3.86. The third-order valence-corrected chi connectivity index (χ3v) is 5.36. The molecule has 3 rings (SSSR count). The maximum absolute atomic E-state index is 6.45. The zero-order valence-corrected chi connectivity index (χ0v) is 13.6. The Balaban J connectivity index is 1.64. The molecule has 1 aromatic heterocycles. The summed E-state index contributed by atoms with van der Waals surface area (Å²) < 4.78 is 1.26. The molecule has 0 amide bonds. The molecule has 0 aliphatic heterocycles. The summed E-state index contributed by atoms with van der Waals surface area (Å²) in [6.07, 6.45) is 1.09. The highest BCUT2D eigenvalue weighted by atomic mass is 35.5. The topological polar surface area (TPSA) is 12.0 Å². The van der Waals surface area contributed by atoms with Gasteiger partial charge in [-0.3, -0.25) is 0 Å². The van der Waals surface area contributed by atoms with Crippen LogP contribution >= 0.6 is 22.9 Å². The Labute approximate surface area is 134 Å². The maximum Gasteiger partial charge on any atom is 0.0636 e. The Morgan fingerprint density at radius 2 is 1.67 bits per heavy atom. The summed E-state index contributed by atoms with van der Waals surface area (Å²) in [6, 6.07) is 17.1. The van der Waals surface area contributed by atoms with Crippen molar-refractivity contribution in [1.29, 1.82) is 0 Å². The SMILES string of the molecule is CCc1ccc(CNCc2sc3ccccc3c2Cl)cc1. The van der Waals surface area contributed by atoms with Gasteiger partial charge in [0, 0.05) is 28.1 Å². The first-order chi connectivity index (χ1) is 10.3. The molecule has 0 spiro atoms. The van der Waals surface area contributed by atoms with Crippen molar-refractivity contribution < 1.29 is 0 Å². The van der Waals surface area contributed by atoms with Crippen molar-refractivity contribution in [3.05, 3.63) is 69.6 Å². The lowest BCUT2D eigenvalue weighted by Gasteiger charge is -2.05. The Morgan fingerprint density at radius 3 is 2.38 bits per heavy atom. The molecule has 0 saturated carbocycles. The molecule has 1 heterocycles. The number of nitrogens with one attached hydrogen (secondary N) is 1. The fraction of sp³-hybridized carbons (Fsp3) is 0.222. The number of hydrogen-bond donors (Lipinski definition) is 1. The zero-order valence-electron chi connectivity index (χ0n) is 12.0. The minimum absolute atomic E-state index is 0.813. The highest BCUT2D eigenvalue weighted by Crippen LogP contribution is 2.34. The molecule has 0 fully saturated rings. The maximum atomic E-state index is 6.45. The molecular weight excluding hydrogens is 298 g/mol. The Morgan fingerprint density at radius 1 is 0.952 bits per heavy atom. The van der Waals surface area contributed by atoms with Gasteiger partial charge in [-0.25, -0.2) is 0 Å². The van der Waals surface area contributed by atoms with Gasteiger partial charge in [0.15, 0.2) is 0 Å². The number of fused-ring (bicyclic) bond motifs is 1. The summed E-state index contributed by atoms with van der Waals surface area (Å²) in [7, 11) is 0. The first-order valence-electron chi connectivity index (χ1n) is 7.22. The summed E-state index contributed by atoms with van der Waals surface area (Å²) in [5.41, 5.74) is 2.69. The van der Waals surface area contributed by atoms with Gasteiger partial charge in [0.05, 0.1) is 5.02 Å². The van der Waals surface area contributed by atoms with Gasteiger partial charge in [-0.05, 0) is 23.6 Å². The molecule has 108 valence electrons. The number of hydrogen-bond acceptors (Lipinski definition) is 2. The second-order valence-electron chi connectivity index (χ2n) is 5.11. The fourth-order valence-electron chi connectivity index (χ4n) is 2.39. The standard InChI is InChI=1S/C18H18ClNS/c1-2-13-7-9-14(10-8-13)11-20-12-17-18(19)15-5-3-4-6-16(15)21-17/h3-10,20H,2,11-12H2,1H3. The van der Waals surface area contributed by atoms with Crippen molar-refractivity contribution in [3.8, 4) is 0 Å². The van der Waals surface area contributed by atoms with E-state index in [9.17, 15) is 0 Å². The minimum atomic E-state index is 0.813. The third kappa shape index (κ3) is 3.29. The summed E-state index contributed by atoms with van der Waals surface area (Å²) in [4.78, 5) is 1.21.